The number of aromatic nitrogens is 2. The van der Waals surface area contributed by atoms with Gasteiger partial charge >= 0.3 is 5.82 Å². The van der Waals surface area contributed by atoms with E-state index in [1.807, 2.05) is 7.05 Å². The molecule has 0 aromatic carbocycles. The monoisotopic (exact) mass is 281 g/mol. The van der Waals surface area contributed by atoms with Gasteiger partial charge in [0, 0.05) is 26.2 Å². The molecule has 0 bridgehead atoms. The van der Waals surface area contributed by atoms with Gasteiger partial charge in [0.15, 0.2) is 0 Å². The highest BCUT2D eigenvalue weighted by Crippen LogP contribution is 2.27. The third kappa shape index (κ3) is 3.27. The number of imidazole rings is 1. The number of hydrogen-bond acceptors (Lipinski definition) is 5. The normalized spacial score (nSPS) is 18.7. The highest BCUT2D eigenvalue weighted by molar-refractivity contribution is 5.54. The maximum atomic E-state index is 11.1. The van der Waals surface area contributed by atoms with E-state index in [1.165, 1.54) is 12.7 Å². The van der Waals surface area contributed by atoms with Gasteiger partial charge in [-0.15, -0.1) is 0 Å². The quantitative estimate of drug-likeness (QED) is 0.632. The summed E-state index contributed by atoms with van der Waals surface area (Å²) in [5.74, 6) is 0.995. The van der Waals surface area contributed by atoms with Crippen LogP contribution in [0.4, 0.5) is 11.6 Å². The Morgan fingerprint density at radius 3 is 2.95 bits per heavy atom. The zero-order chi connectivity index (χ0) is 14.7. The molecule has 1 saturated heterocycles. The van der Waals surface area contributed by atoms with Crippen molar-refractivity contribution >= 4 is 11.6 Å². The van der Waals surface area contributed by atoms with E-state index in [0.29, 0.717) is 17.8 Å². The lowest BCUT2D eigenvalue weighted by Crippen LogP contribution is -2.40. The summed E-state index contributed by atoms with van der Waals surface area (Å²) in [6.07, 6.45) is 3.82. The second kappa shape index (κ2) is 6.21. The summed E-state index contributed by atoms with van der Waals surface area (Å²) >= 11 is 0. The molecule has 1 aliphatic rings. The molecule has 1 unspecified atom stereocenters. The number of anilines is 1. The number of rotatable bonds is 6. The Morgan fingerprint density at radius 2 is 2.40 bits per heavy atom. The molecule has 1 aliphatic heterocycles. The van der Waals surface area contributed by atoms with E-state index in [0.717, 1.165) is 26.1 Å². The average molecular weight is 281 g/mol. The highest BCUT2D eigenvalue weighted by Gasteiger charge is 2.28. The topological polar surface area (TPSA) is 76.2 Å². The molecule has 20 heavy (non-hydrogen) atoms. The summed E-state index contributed by atoms with van der Waals surface area (Å²) in [5.41, 5.74) is 0. The lowest BCUT2D eigenvalue weighted by Gasteiger charge is -2.28. The van der Waals surface area contributed by atoms with Crippen molar-refractivity contribution < 1.29 is 4.92 Å². The van der Waals surface area contributed by atoms with Crippen LogP contribution >= 0.6 is 0 Å². The summed E-state index contributed by atoms with van der Waals surface area (Å²) < 4.78 is 1.75. The first-order valence-corrected chi connectivity index (χ1v) is 7.13. The first kappa shape index (κ1) is 14.8. The standard InChI is InChI=1S/C13H23N5O2/c1-10(2)7-17(8-11-5-4-6-14-11)13-12(18(19)20)15-9-16(13)3/h9-11,14H,4-8H2,1-3H3. The second-order valence-electron chi connectivity index (χ2n) is 5.85. The second-order valence-corrected chi connectivity index (χ2v) is 5.85. The van der Waals surface area contributed by atoms with Gasteiger partial charge in [-0.2, -0.15) is 0 Å². The Kier molecular flexibility index (Phi) is 4.59. The fourth-order valence-electron chi connectivity index (χ4n) is 2.77. The Bertz CT molecular complexity index is 465. The largest absolute Gasteiger partial charge is 0.406 e. The SMILES string of the molecule is CC(C)CN(CC1CCCN1)c1c([N+](=O)[O-])ncn1C. The molecule has 1 fully saturated rings. The molecule has 1 atom stereocenters. The van der Waals surface area contributed by atoms with Crippen molar-refractivity contribution in [3.8, 4) is 0 Å². The van der Waals surface area contributed by atoms with Crippen molar-refractivity contribution in [3.05, 3.63) is 16.4 Å². The molecule has 0 radical (unpaired) electrons. The van der Waals surface area contributed by atoms with Crippen LogP contribution in [0.1, 0.15) is 26.7 Å². The molecule has 7 nitrogen and oxygen atoms in total. The molecule has 0 spiro atoms. The van der Waals surface area contributed by atoms with Gasteiger partial charge in [-0.05, 0) is 35.2 Å². The van der Waals surface area contributed by atoms with Gasteiger partial charge in [0.25, 0.3) is 0 Å². The molecule has 1 aromatic heterocycles. The van der Waals surface area contributed by atoms with Crippen LogP contribution in [-0.4, -0.2) is 40.2 Å². The molecular weight excluding hydrogens is 258 g/mol. The third-order valence-electron chi connectivity index (χ3n) is 3.55. The number of nitro groups is 1. The van der Waals surface area contributed by atoms with Gasteiger partial charge in [-0.3, -0.25) is 4.57 Å². The van der Waals surface area contributed by atoms with E-state index in [1.54, 1.807) is 4.57 Å². The molecule has 112 valence electrons. The van der Waals surface area contributed by atoms with Crippen LogP contribution in [0, 0.1) is 16.0 Å². The first-order valence-electron chi connectivity index (χ1n) is 7.13. The van der Waals surface area contributed by atoms with Crippen molar-refractivity contribution in [2.75, 3.05) is 24.5 Å². The molecule has 7 heteroatoms. The number of hydrogen-bond donors (Lipinski definition) is 1. The zero-order valence-electron chi connectivity index (χ0n) is 12.4. The minimum absolute atomic E-state index is 0.0499. The number of aryl methyl sites for hydroxylation is 1. The van der Waals surface area contributed by atoms with Gasteiger partial charge < -0.3 is 20.3 Å². The van der Waals surface area contributed by atoms with Crippen molar-refractivity contribution in [1.29, 1.82) is 0 Å². The van der Waals surface area contributed by atoms with Gasteiger partial charge in [-0.25, -0.2) is 0 Å². The maximum Gasteiger partial charge on any atom is 0.406 e. The van der Waals surface area contributed by atoms with Crippen molar-refractivity contribution in [2.24, 2.45) is 13.0 Å². The minimum Gasteiger partial charge on any atom is -0.358 e. The lowest BCUT2D eigenvalue weighted by molar-refractivity contribution is -0.388. The van der Waals surface area contributed by atoms with E-state index in [-0.39, 0.29) is 5.82 Å². The summed E-state index contributed by atoms with van der Waals surface area (Å²) in [6.45, 7) is 6.86. The van der Waals surface area contributed by atoms with E-state index in [9.17, 15) is 10.1 Å². The molecule has 1 aromatic rings. The molecule has 0 saturated carbocycles. The third-order valence-corrected chi connectivity index (χ3v) is 3.55. The summed E-state index contributed by atoms with van der Waals surface area (Å²) in [5, 5.41) is 14.6. The highest BCUT2D eigenvalue weighted by atomic mass is 16.6. The van der Waals surface area contributed by atoms with E-state index >= 15 is 0 Å². The molecule has 0 aliphatic carbocycles. The average Bonchev–Trinajstić information content (AvgIpc) is 2.96. The number of nitrogens with zero attached hydrogens (tertiary/aromatic N) is 4. The van der Waals surface area contributed by atoms with Gasteiger partial charge in [0.2, 0.25) is 12.1 Å². The van der Waals surface area contributed by atoms with Crippen molar-refractivity contribution in [1.82, 2.24) is 14.9 Å². The van der Waals surface area contributed by atoms with Crippen molar-refractivity contribution in [3.63, 3.8) is 0 Å². The van der Waals surface area contributed by atoms with E-state index in [4.69, 9.17) is 0 Å². The van der Waals surface area contributed by atoms with Crippen LogP contribution < -0.4 is 10.2 Å². The molecule has 2 rings (SSSR count). The van der Waals surface area contributed by atoms with Crippen LogP contribution in [0.2, 0.25) is 0 Å². The summed E-state index contributed by atoms with van der Waals surface area (Å²) in [7, 11) is 1.81. The summed E-state index contributed by atoms with van der Waals surface area (Å²) in [6, 6.07) is 0.406. The van der Waals surface area contributed by atoms with Crippen LogP contribution in [-0.2, 0) is 7.05 Å². The molecule has 2 heterocycles. The summed E-state index contributed by atoms with van der Waals surface area (Å²) in [4.78, 5) is 16.8. The van der Waals surface area contributed by atoms with Gasteiger partial charge in [-0.1, -0.05) is 13.8 Å². The molecule has 1 N–H and O–H groups in total. The van der Waals surface area contributed by atoms with Crippen molar-refractivity contribution in [2.45, 2.75) is 32.7 Å². The predicted octanol–water partition coefficient (Wildman–Crippen LogP) is 1.54. The molecule has 0 amide bonds. The Hall–Kier alpha value is -1.63. The fourth-order valence-corrected chi connectivity index (χ4v) is 2.77. The van der Waals surface area contributed by atoms with E-state index < -0.39 is 4.92 Å². The number of nitrogens with one attached hydrogen (secondary N) is 1. The Morgan fingerprint density at radius 1 is 1.65 bits per heavy atom. The smallest absolute Gasteiger partial charge is 0.358 e. The van der Waals surface area contributed by atoms with Crippen LogP contribution in [0.3, 0.4) is 0 Å². The zero-order valence-corrected chi connectivity index (χ0v) is 12.4. The van der Waals surface area contributed by atoms with E-state index in [2.05, 4.69) is 29.0 Å². The fraction of sp³-hybridized carbons (Fsp3) is 0.769. The van der Waals surface area contributed by atoms with Crippen LogP contribution in [0.5, 0.6) is 0 Å². The lowest BCUT2D eigenvalue weighted by atomic mass is 10.1. The van der Waals surface area contributed by atoms with Gasteiger partial charge in [0.1, 0.15) is 0 Å². The maximum absolute atomic E-state index is 11.1. The minimum atomic E-state index is -0.398. The predicted molar refractivity (Wildman–Crippen MR) is 77.9 cm³/mol. The Balaban J connectivity index is 2.25. The van der Waals surface area contributed by atoms with Crippen LogP contribution in [0.25, 0.3) is 0 Å². The molecular formula is C13H23N5O2. The Labute approximate surface area is 119 Å². The first-order chi connectivity index (χ1) is 9.49. The van der Waals surface area contributed by atoms with Crippen LogP contribution in [0.15, 0.2) is 6.33 Å². The van der Waals surface area contributed by atoms with Gasteiger partial charge in [0.05, 0.1) is 0 Å².